The minimum atomic E-state index is -0.893. The number of fused-ring (bicyclic) bond motifs is 3. The molecule has 0 radical (unpaired) electrons. The Balaban J connectivity index is 0.00000137. The number of benzene rings is 2. The summed E-state index contributed by atoms with van der Waals surface area (Å²) in [6, 6.07) is 16.3. The Hall–Kier alpha value is -1.89. The quantitative estimate of drug-likeness (QED) is 0.522. The van der Waals surface area contributed by atoms with Gasteiger partial charge in [0.1, 0.15) is 5.75 Å². The molecule has 1 fully saturated rings. The van der Waals surface area contributed by atoms with Crippen molar-refractivity contribution in [1.82, 2.24) is 9.88 Å². The summed E-state index contributed by atoms with van der Waals surface area (Å²) in [7, 11) is 1.74. The highest BCUT2D eigenvalue weighted by Gasteiger charge is 2.64. The van der Waals surface area contributed by atoms with E-state index in [-0.39, 0.29) is 36.6 Å². The van der Waals surface area contributed by atoms with Crippen molar-refractivity contribution in [3.8, 4) is 5.75 Å². The highest BCUT2D eigenvalue weighted by molar-refractivity contribution is 5.85. The zero-order chi connectivity index (χ0) is 21.9. The van der Waals surface area contributed by atoms with Gasteiger partial charge in [0.15, 0.2) is 0 Å². The van der Waals surface area contributed by atoms with Gasteiger partial charge in [-0.1, -0.05) is 24.3 Å². The second-order valence-corrected chi connectivity index (χ2v) is 9.84. The predicted molar refractivity (Wildman–Crippen MR) is 139 cm³/mol. The molecule has 2 bridgehead atoms. The molecule has 5 nitrogen and oxygen atoms in total. The van der Waals surface area contributed by atoms with E-state index in [4.69, 9.17) is 9.72 Å². The Bertz CT molecular complexity index is 1210. The molecule has 1 aliphatic heterocycles. The monoisotopic (exact) mass is 502 g/mol. The number of methoxy groups -OCH3 is 1. The van der Waals surface area contributed by atoms with Crippen LogP contribution in [0.2, 0.25) is 0 Å². The second kappa shape index (κ2) is 9.29. The Labute approximate surface area is 213 Å². The van der Waals surface area contributed by atoms with Gasteiger partial charge >= 0.3 is 0 Å². The fourth-order valence-electron chi connectivity index (χ4n) is 6.78. The van der Waals surface area contributed by atoms with Crippen LogP contribution in [-0.4, -0.2) is 58.5 Å². The van der Waals surface area contributed by atoms with E-state index in [1.807, 2.05) is 18.2 Å². The summed E-state index contributed by atoms with van der Waals surface area (Å²) in [4.78, 5) is 7.53. The van der Waals surface area contributed by atoms with Crippen molar-refractivity contribution >= 4 is 35.7 Å². The number of aromatic hydroxyl groups is 1. The molecule has 2 N–H and O–H groups in total. The molecular weight excluding hydrogens is 471 g/mol. The number of phenols is 1. The molecule has 7 heteroatoms. The smallest absolute Gasteiger partial charge is 0.115 e. The van der Waals surface area contributed by atoms with Gasteiger partial charge in [0.25, 0.3) is 0 Å². The number of nitrogens with zero attached hydrogens (tertiary/aromatic N) is 2. The van der Waals surface area contributed by atoms with Crippen molar-refractivity contribution < 1.29 is 14.9 Å². The summed E-state index contributed by atoms with van der Waals surface area (Å²) >= 11 is 0. The summed E-state index contributed by atoms with van der Waals surface area (Å²) in [5, 5.41) is 24.1. The molecule has 34 heavy (non-hydrogen) atoms. The number of rotatable bonds is 4. The molecule has 0 spiro atoms. The first-order valence-corrected chi connectivity index (χ1v) is 11.7. The van der Waals surface area contributed by atoms with E-state index in [1.54, 1.807) is 13.2 Å². The van der Waals surface area contributed by atoms with E-state index >= 15 is 0 Å². The Morgan fingerprint density at radius 2 is 1.91 bits per heavy atom. The number of aliphatic hydroxyl groups is 1. The number of halogens is 2. The summed E-state index contributed by atoms with van der Waals surface area (Å²) in [5.41, 5.74) is 4.31. The van der Waals surface area contributed by atoms with Gasteiger partial charge in [-0.2, -0.15) is 0 Å². The molecule has 3 aromatic rings. The highest BCUT2D eigenvalue weighted by atomic mass is 35.5. The average molecular weight is 503 g/mol. The van der Waals surface area contributed by atoms with Crippen LogP contribution in [0.5, 0.6) is 5.75 Å². The van der Waals surface area contributed by atoms with Crippen LogP contribution < -0.4 is 0 Å². The minimum Gasteiger partial charge on any atom is -0.508 e. The van der Waals surface area contributed by atoms with Gasteiger partial charge in [-0.05, 0) is 66.8 Å². The van der Waals surface area contributed by atoms with Gasteiger partial charge in [-0.25, -0.2) is 0 Å². The maximum atomic E-state index is 12.6. The number of ether oxygens (including phenoxy) is 1. The Morgan fingerprint density at radius 3 is 2.74 bits per heavy atom. The minimum absolute atomic E-state index is 0. The lowest BCUT2D eigenvalue weighted by Crippen LogP contribution is -2.74. The average Bonchev–Trinajstić information content (AvgIpc) is 2.78. The number of aromatic nitrogens is 1. The molecule has 3 atom stereocenters. The summed E-state index contributed by atoms with van der Waals surface area (Å²) in [6.45, 7) is 2.60. The lowest BCUT2D eigenvalue weighted by molar-refractivity contribution is -0.151. The van der Waals surface area contributed by atoms with Crippen molar-refractivity contribution in [2.45, 2.75) is 49.2 Å². The van der Waals surface area contributed by atoms with Crippen LogP contribution in [0, 0.1) is 0 Å². The molecule has 0 saturated carbocycles. The van der Waals surface area contributed by atoms with Crippen molar-refractivity contribution in [3.63, 3.8) is 0 Å². The van der Waals surface area contributed by atoms with E-state index in [1.165, 1.54) is 5.56 Å². The number of hydrogen-bond donors (Lipinski definition) is 2. The number of likely N-dealkylation sites (tertiary alicyclic amines) is 1. The molecule has 6 rings (SSSR count). The number of hydrogen-bond acceptors (Lipinski definition) is 5. The van der Waals surface area contributed by atoms with Crippen molar-refractivity contribution in [1.29, 1.82) is 0 Å². The van der Waals surface area contributed by atoms with Crippen LogP contribution in [0.25, 0.3) is 10.9 Å². The molecule has 0 unspecified atom stereocenters. The SMILES string of the molecule is COCCCN1CC[C@]23Cc4nc5ccccc5cc4C[C@@]2(O)[C@H]1Cc1ccc(O)cc13.Cl.Cl. The zero-order valence-corrected chi connectivity index (χ0v) is 21.0. The highest BCUT2D eigenvalue weighted by Crippen LogP contribution is 2.57. The molecule has 1 aromatic heterocycles. The third-order valence-electron chi connectivity index (χ3n) is 8.28. The number of para-hydroxylation sites is 1. The summed E-state index contributed by atoms with van der Waals surface area (Å²) < 4.78 is 5.30. The van der Waals surface area contributed by atoms with Gasteiger partial charge in [-0.3, -0.25) is 9.88 Å². The van der Waals surface area contributed by atoms with Crippen molar-refractivity contribution in [3.05, 3.63) is 70.9 Å². The number of phenolic OH excluding ortho intramolecular Hbond substituents is 1. The predicted octanol–water partition coefficient (Wildman–Crippen LogP) is 4.22. The van der Waals surface area contributed by atoms with Crippen LogP contribution in [0.3, 0.4) is 0 Å². The van der Waals surface area contributed by atoms with E-state index in [0.717, 1.165) is 66.7 Å². The molecule has 2 aromatic carbocycles. The van der Waals surface area contributed by atoms with Crippen LogP contribution in [0.15, 0.2) is 48.5 Å². The van der Waals surface area contributed by atoms with E-state index in [0.29, 0.717) is 12.8 Å². The second-order valence-electron chi connectivity index (χ2n) is 9.84. The first-order chi connectivity index (χ1) is 15.5. The molecule has 2 heterocycles. The maximum absolute atomic E-state index is 12.6. The summed E-state index contributed by atoms with van der Waals surface area (Å²) in [6.07, 6.45) is 3.93. The lowest BCUT2D eigenvalue weighted by atomic mass is 9.49. The zero-order valence-electron chi connectivity index (χ0n) is 19.4. The van der Waals surface area contributed by atoms with Gasteiger partial charge in [-0.15, -0.1) is 24.8 Å². The molecular formula is C27H32Cl2N2O3. The third-order valence-corrected chi connectivity index (χ3v) is 8.28. The van der Waals surface area contributed by atoms with E-state index < -0.39 is 11.0 Å². The molecule has 0 amide bonds. The number of piperidine rings is 1. The maximum Gasteiger partial charge on any atom is 0.115 e. The van der Waals surface area contributed by atoms with Crippen LogP contribution in [0.4, 0.5) is 0 Å². The summed E-state index contributed by atoms with van der Waals surface area (Å²) in [5.74, 6) is 0.277. The van der Waals surface area contributed by atoms with Gasteiger partial charge in [0, 0.05) is 55.6 Å². The molecule has 1 saturated heterocycles. The molecule has 182 valence electrons. The van der Waals surface area contributed by atoms with Gasteiger partial charge in [0.05, 0.1) is 11.1 Å². The van der Waals surface area contributed by atoms with E-state index in [9.17, 15) is 10.2 Å². The van der Waals surface area contributed by atoms with Crippen LogP contribution >= 0.6 is 24.8 Å². The lowest BCUT2D eigenvalue weighted by Gasteiger charge is -2.63. The van der Waals surface area contributed by atoms with Crippen molar-refractivity contribution in [2.24, 2.45) is 0 Å². The fraction of sp³-hybridized carbons (Fsp3) is 0.444. The normalized spacial score (nSPS) is 27.1. The van der Waals surface area contributed by atoms with Crippen LogP contribution in [0.1, 0.15) is 35.2 Å². The topological polar surface area (TPSA) is 65.8 Å². The molecule has 3 aliphatic rings. The molecule has 2 aliphatic carbocycles. The first-order valence-electron chi connectivity index (χ1n) is 11.7. The van der Waals surface area contributed by atoms with Gasteiger partial charge < -0.3 is 14.9 Å². The van der Waals surface area contributed by atoms with E-state index in [2.05, 4.69) is 29.2 Å². The Kier molecular flexibility index (Phi) is 6.89. The Morgan fingerprint density at radius 1 is 1.09 bits per heavy atom. The fourth-order valence-corrected chi connectivity index (χ4v) is 6.78. The van der Waals surface area contributed by atoms with Crippen LogP contribution in [-0.2, 0) is 29.4 Å². The first kappa shape index (κ1) is 25.2. The van der Waals surface area contributed by atoms with Crippen molar-refractivity contribution in [2.75, 3.05) is 26.8 Å². The van der Waals surface area contributed by atoms with Gasteiger partial charge in [0.2, 0.25) is 0 Å². The standard InChI is InChI=1S/C27H30N2O3.2ClH/c1-32-12-4-10-29-11-9-26-17-24-20(13-19-5-2-3-6-23(19)28-24)16-27(26,31)25(29)14-18-7-8-21(30)15-22(18)26;;/h2-3,5-8,13,15,25,30-31H,4,9-12,14,16-17H2,1H3;2*1H/t25-,26-,27-;;/m1../s1. The largest absolute Gasteiger partial charge is 0.508 e. The number of pyridine rings is 1. The third kappa shape index (κ3) is 3.61.